The van der Waals surface area contributed by atoms with Crippen LogP contribution in [-0.2, 0) is 15.4 Å². The molecule has 120 valence electrons. The van der Waals surface area contributed by atoms with Crippen LogP contribution in [0.1, 0.15) is 26.3 Å². The number of piperazine rings is 1. The van der Waals surface area contributed by atoms with Crippen LogP contribution < -0.4 is 4.90 Å². The molecule has 1 heterocycles. The fourth-order valence-corrected chi connectivity index (χ4v) is 3.06. The van der Waals surface area contributed by atoms with Gasteiger partial charge in [-0.3, -0.25) is 4.84 Å². The van der Waals surface area contributed by atoms with Crippen LogP contribution in [0.15, 0.2) is 30.0 Å². The number of nitrogens with zero attached hydrogens (tertiary/aromatic N) is 2. The predicted molar refractivity (Wildman–Crippen MR) is 92.6 cm³/mol. The molecule has 1 fully saturated rings. The molecule has 4 nitrogen and oxygen atoms in total. The Labute approximate surface area is 137 Å². The molecule has 1 aliphatic heterocycles. The zero-order valence-corrected chi connectivity index (χ0v) is 14.6. The average molecular weight is 320 g/mol. The average Bonchev–Trinajstić information content (AvgIpc) is 2.47. The molecule has 0 amide bonds. The predicted octanol–water partition coefficient (Wildman–Crippen LogP) is 3.12. The summed E-state index contributed by atoms with van der Waals surface area (Å²) in [7, 11) is 0. The zero-order valence-electron chi connectivity index (χ0n) is 13.8. The topological polar surface area (TPSA) is 32.8 Å². The summed E-state index contributed by atoms with van der Waals surface area (Å²) >= 11 is 1.80. The molecule has 2 rings (SSSR count). The Kier molecular flexibility index (Phi) is 5.57. The first kappa shape index (κ1) is 16.9. The van der Waals surface area contributed by atoms with Crippen LogP contribution in [0.25, 0.3) is 0 Å². The maximum atomic E-state index is 11.3. The fraction of sp³-hybridized carbons (Fsp3) is 0.529. The van der Waals surface area contributed by atoms with E-state index in [2.05, 4.69) is 29.4 Å². The van der Waals surface area contributed by atoms with Crippen molar-refractivity contribution >= 4 is 23.4 Å². The van der Waals surface area contributed by atoms with Crippen LogP contribution >= 0.6 is 11.8 Å². The lowest BCUT2D eigenvalue weighted by Crippen LogP contribution is -2.47. The summed E-state index contributed by atoms with van der Waals surface area (Å²) < 4.78 is 0. The largest absolute Gasteiger partial charge is 0.363 e. The molecule has 1 aliphatic rings. The minimum absolute atomic E-state index is 0.318. The van der Waals surface area contributed by atoms with Crippen LogP contribution in [0, 0.1) is 0 Å². The highest BCUT2D eigenvalue weighted by molar-refractivity contribution is 7.97. The lowest BCUT2D eigenvalue weighted by atomic mass is 10.1. The van der Waals surface area contributed by atoms with Gasteiger partial charge in [0, 0.05) is 18.0 Å². The van der Waals surface area contributed by atoms with E-state index in [0.717, 1.165) is 12.3 Å². The molecular formula is C17H24N2O2S. The third-order valence-electron chi connectivity index (χ3n) is 3.35. The van der Waals surface area contributed by atoms with Gasteiger partial charge in [0.1, 0.15) is 11.6 Å². The summed E-state index contributed by atoms with van der Waals surface area (Å²) in [5, 5.41) is 1.70. The zero-order chi connectivity index (χ0) is 16.2. The van der Waals surface area contributed by atoms with Crippen molar-refractivity contribution in [2.24, 2.45) is 0 Å². The summed E-state index contributed by atoms with van der Waals surface area (Å²) in [4.78, 5) is 19.4. The third kappa shape index (κ3) is 4.29. The smallest absolute Gasteiger partial charge is 0.150 e. The van der Waals surface area contributed by atoms with Gasteiger partial charge in [-0.25, -0.2) is 9.86 Å². The molecule has 0 aliphatic carbocycles. The molecule has 0 bridgehead atoms. The summed E-state index contributed by atoms with van der Waals surface area (Å²) in [6.45, 7) is 7.97. The van der Waals surface area contributed by atoms with Crippen LogP contribution in [0.4, 0.5) is 5.69 Å². The monoisotopic (exact) mass is 320 g/mol. The van der Waals surface area contributed by atoms with Crippen LogP contribution in [0.5, 0.6) is 0 Å². The van der Waals surface area contributed by atoms with Crippen molar-refractivity contribution in [3.8, 4) is 0 Å². The molecule has 5 heteroatoms. The van der Waals surface area contributed by atoms with Gasteiger partial charge in [0.15, 0.2) is 0 Å². The number of rotatable bonds is 4. The van der Waals surface area contributed by atoms with Gasteiger partial charge in [-0.05, 0) is 38.7 Å². The van der Waals surface area contributed by atoms with E-state index in [-0.39, 0.29) is 5.60 Å². The Balaban J connectivity index is 2.16. The van der Waals surface area contributed by atoms with Crippen molar-refractivity contribution in [3.05, 3.63) is 35.5 Å². The fourth-order valence-electron chi connectivity index (χ4n) is 2.50. The normalized spacial score (nSPS) is 15.9. The van der Waals surface area contributed by atoms with E-state index in [1.165, 1.54) is 11.3 Å². The molecule has 1 aromatic carbocycles. The molecule has 0 atom stereocenters. The van der Waals surface area contributed by atoms with E-state index in [4.69, 9.17) is 4.84 Å². The number of para-hydroxylation sites is 1. The van der Waals surface area contributed by atoms with Crippen molar-refractivity contribution in [2.75, 3.05) is 30.8 Å². The van der Waals surface area contributed by atoms with Crippen molar-refractivity contribution in [2.45, 2.75) is 32.1 Å². The van der Waals surface area contributed by atoms with Gasteiger partial charge >= 0.3 is 0 Å². The summed E-state index contributed by atoms with van der Waals surface area (Å²) in [5.41, 5.74) is 2.73. The number of hydrogen-bond donors (Lipinski definition) is 0. The minimum atomic E-state index is -0.318. The Morgan fingerprint density at radius 2 is 2.00 bits per heavy atom. The van der Waals surface area contributed by atoms with E-state index in [1.807, 2.05) is 32.8 Å². The number of thioether (sulfide) groups is 1. The van der Waals surface area contributed by atoms with Crippen molar-refractivity contribution in [3.63, 3.8) is 0 Å². The standard InChI is InChI=1S/C17H24N2O2S/c1-17(2,3)21-19-10-9-18(11-15(19)12-20)16-8-6-5-7-14(16)13-22-4/h5-8H,9-11,13H2,1-4H3. The Morgan fingerprint density at radius 3 is 2.64 bits per heavy atom. The Morgan fingerprint density at radius 1 is 1.27 bits per heavy atom. The lowest BCUT2D eigenvalue weighted by Gasteiger charge is -2.40. The first-order valence-corrected chi connectivity index (χ1v) is 8.86. The highest BCUT2D eigenvalue weighted by Crippen LogP contribution is 2.27. The van der Waals surface area contributed by atoms with Crippen molar-refractivity contribution in [1.29, 1.82) is 0 Å². The van der Waals surface area contributed by atoms with Gasteiger partial charge in [0.2, 0.25) is 0 Å². The SMILES string of the molecule is CSCc1ccccc1N1CCN(OC(C)(C)C)C(=C=O)C1. The second-order valence-corrected chi connectivity index (χ2v) is 7.20. The lowest BCUT2D eigenvalue weighted by molar-refractivity contribution is -0.208. The van der Waals surface area contributed by atoms with Gasteiger partial charge in [-0.1, -0.05) is 18.2 Å². The number of benzene rings is 1. The highest BCUT2D eigenvalue weighted by Gasteiger charge is 2.27. The third-order valence-corrected chi connectivity index (χ3v) is 3.95. The maximum absolute atomic E-state index is 11.3. The molecule has 22 heavy (non-hydrogen) atoms. The van der Waals surface area contributed by atoms with E-state index in [1.54, 1.807) is 16.8 Å². The van der Waals surface area contributed by atoms with E-state index in [9.17, 15) is 4.79 Å². The van der Waals surface area contributed by atoms with E-state index < -0.39 is 0 Å². The molecular weight excluding hydrogens is 296 g/mol. The van der Waals surface area contributed by atoms with Gasteiger partial charge in [-0.2, -0.15) is 11.8 Å². The van der Waals surface area contributed by atoms with E-state index in [0.29, 0.717) is 18.8 Å². The van der Waals surface area contributed by atoms with E-state index >= 15 is 0 Å². The van der Waals surface area contributed by atoms with Gasteiger partial charge in [0.05, 0.1) is 18.7 Å². The van der Waals surface area contributed by atoms with Crippen molar-refractivity contribution in [1.82, 2.24) is 5.06 Å². The quantitative estimate of drug-likeness (QED) is 0.796. The summed E-state index contributed by atoms with van der Waals surface area (Å²) in [6, 6.07) is 8.37. The van der Waals surface area contributed by atoms with Gasteiger partial charge in [-0.15, -0.1) is 0 Å². The van der Waals surface area contributed by atoms with Crippen LogP contribution in [0.2, 0.25) is 0 Å². The molecule has 1 saturated heterocycles. The molecule has 0 radical (unpaired) electrons. The number of carbonyl (C=O) groups excluding carboxylic acids is 1. The molecule has 0 unspecified atom stereocenters. The molecule has 0 N–H and O–H groups in total. The second-order valence-electron chi connectivity index (χ2n) is 6.34. The molecule has 1 aromatic rings. The Hall–Kier alpha value is -1.42. The number of hydroxylamine groups is 2. The molecule has 0 saturated carbocycles. The summed E-state index contributed by atoms with van der Waals surface area (Å²) in [5.74, 6) is 3.02. The highest BCUT2D eigenvalue weighted by atomic mass is 32.2. The number of anilines is 1. The molecule has 0 aromatic heterocycles. The first-order chi connectivity index (χ1) is 10.4. The van der Waals surface area contributed by atoms with Gasteiger partial charge < -0.3 is 4.90 Å². The Bertz CT molecular complexity index is 562. The van der Waals surface area contributed by atoms with Gasteiger partial charge in [0.25, 0.3) is 0 Å². The first-order valence-electron chi connectivity index (χ1n) is 7.47. The van der Waals surface area contributed by atoms with Crippen LogP contribution in [0.3, 0.4) is 0 Å². The minimum Gasteiger partial charge on any atom is -0.363 e. The molecule has 0 spiro atoms. The van der Waals surface area contributed by atoms with Crippen LogP contribution in [-0.4, -0.2) is 42.5 Å². The van der Waals surface area contributed by atoms with Crippen molar-refractivity contribution < 1.29 is 9.63 Å². The second kappa shape index (κ2) is 7.23. The maximum Gasteiger partial charge on any atom is 0.150 e. The summed E-state index contributed by atoms with van der Waals surface area (Å²) in [6.07, 6.45) is 2.10. The number of hydrogen-bond acceptors (Lipinski definition) is 5.